The Morgan fingerprint density at radius 2 is 1.89 bits per heavy atom. The van der Waals surface area contributed by atoms with Gasteiger partial charge in [-0.05, 0) is 53.3 Å². The molecule has 8 heteroatoms. The van der Waals surface area contributed by atoms with E-state index in [4.69, 9.17) is 4.74 Å². The van der Waals surface area contributed by atoms with Crippen LogP contribution in [0.5, 0.6) is 0 Å². The van der Waals surface area contributed by atoms with Crippen LogP contribution in [0.1, 0.15) is 53.6 Å². The second-order valence-corrected chi connectivity index (χ2v) is 8.87. The zero-order chi connectivity index (χ0) is 24.3. The summed E-state index contributed by atoms with van der Waals surface area (Å²) in [6.45, 7) is 3.71. The highest BCUT2D eigenvalue weighted by molar-refractivity contribution is 5.91. The van der Waals surface area contributed by atoms with Crippen molar-refractivity contribution < 1.29 is 27.8 Å². The molecule has 4 rings (SSSR count). The number of morpholine rings is 1. The van der Waals surface area contributed by atoms with E-state index in [9.17, 15) is 23.1 Å². The number of benzene rings is 3. The third-order valence-corrected chi connectivity index (χ3v) is 6.56. The van der Waals surface area contributed by atoms with Crippen LogP contribution in [-0.2, 0) is 10.9 Å². The lowest BCUT2D eigenvalue weighted by Gasteiger charge is -2.35. The molecule has 1 saturated heterocycles. The molecule has 3 aromatic carbocycles. The molecule has 0 saturated carbocycles. The van der Waals surface area contributed by atoms with E-state index in [1.165, 1.54) is 22.4 Å². The highest BCUT2D eigenvalue weighted by atomic mass is 35.5. The Kier molecular flexibility index (Phi) is 8.67. The number of ether oxygens (including phenoxy) is 1. The van der Waals surface area contributed by atoms with Gasteiger partial charge in [-0.3, -0.25) is 0 Å². The number of hydrogen-bond acceptors (Lipinski definition) is 3. The Morgan fingerprint density at radius 3 is 2.63 bits per heavy atom. The molecule has 0 amide bonds. The van der Waals surface area contributed by atoms with Crippen LogP contribution in [0, 0.1) is 0 Å². The molecular weight excluding hydrogens is 479 g/mol. The first-order valence-electron chi connectivity index (χ1n) is 11.5. The first-order chi connectivity index (χ1) is 16.2. The van der Waals surface area contributed by atoms with Gasteiger partial charge in [-0.15, -0.1) is 12.4 Å². The molecule has 3 aromatic rings. The first kappa shape index (κ1) is 26.8. The van der Waals surface area contributed by atoms with Gasteiger partial charge in [0.05, 0.1) is 23.8 Å². The highest BCUT2D eigenvalue weighted by Gasteiger charge is 2.36. The zero-order valence-corrected chi connectivity index (χ0v) is 20.2. The average Bonchev–Trinajstić information content (AvgIpc) is 2.83. The van der Waals surface area contributed by atoms with Crippen molar-refractivity contribution in [1.82, 2.24) is 0 Å². The lowest BCUT2D eigenvalue weighted by Crippen LogP contribution is -2.42. The van der Waals surface area contributed by atoms with Crippen molar-refractivity contribution in [3.63, 3.8) is 0 Å². The fraction of sp³-hybridized carbons (Fsp3) is 0.370. The van der Waals surface area contributed by atoms with Gasteiger partial charge < -0.3 is 14.7 Å². The van der Waals surface area contributed by atoms with Crippen LogP contribution in [0.3, 0.4) is 0 Å². The monoisotopic (exact) mass is 507 g/mol. The number of carbonyl (C=O) groups is 1. The van der Waals surface area contributed by atoms with Crippen molar-refractivity contribution >= 4 is 34.8 Å². The number of anilines is 1. The van der Waals surface area contributed by atoms with Crippen LogP contribution in [0.25, 0.3) is 10.8 Å². The van der Waals surface area contributed by atoms with E-state index < -0.39 is 23.3 Å². The fourth-order valence-electron chi connectivity index (χ4n) is 4.77. The van der Waals surface area contributed by atoms with Crippen LogP contribution in [0.15, 0.2) is 60.7 Å². The minimum absolute atomic E-state index is 0. The third kappa shape index (κ3) is 6.27. The summed E-state index contributed by atoms with van der Waals surface area (Å²) in [5, 5.41) is 11.8. The average molecular weight is 508 g/mol. The van der Waals surface area contributed by atoms with Gasteiger partial charge in [-0.2, -0.15) is 13.2 Å². The Morgan fingerprint density at radius 1 is 1.14 bits per heavy atom. The number of halogens is 4. The third-order valence-electron chi connectivity index (χ3n) is 6.56. The van der Waals surface area contributed by atoms with Crippen LogP contribution in [-0.4, -0.2) is 36.9 Å². The Hall–Kier alpha value is -2.77. The maximum atomic E-state index is 13.2. The molecule has 0 aliphatic carbocycles. The number of fused-ring (bicyclic) bond motifs is 1. The van der Waals surface area contributed by atoms with Crippen molar-refractivity contribution in [3.8, 4) is 0 Å². The number of nitrogens with zero attached hydrogens (tertiary/aromatic N) is 1. The fourth-order valence-corrected chi connectivity index (χ4v) is 4.77. The molecular formula is C27H29ClF3NO3. The molecule has 0 aromatic heterocycles. The molecule has 0 bridgehead atoms. The van der Waals surface area contributed by atoms with Gasteiger partial charge in [0.1, 0.15) is 0 Å². The Balaban J connectivity index is 0.00000342. The van der Waals surface area contributed by atoms with Gasteiger partial charge >= 0.3 is 12.1 Å². The highest BCUT2D eigenvalue weighted by Crippen LogP contribution is 2.35. The van der Waals surface area contributed by atoms with E-state index in [1.807, 2.05) is 11.0 Å². The Bertz CT molecular complexity index is 1160. The van der Waals surface area contributed by atoms with Crippen molar-refractivity contribution in [1.29, 1.82) is 0 Å². The van der Waals surface area contributed by atoms with Gasteiger partial charge in [0.15, 0.2) is 0 Å². The number of alkyl halides is 3. The second-order valence-electron chi connectivity index (χ2n) is 8.87. The molecule has 0 radical (unpaired) electrons. The number of carboxylic acids is 1. The maximum absolute atomic E-state index is 13.2. The summed E-state index contributed by atoms with van der Waals surface area (Å²) in [5.41, 5.74) is -0.0500. The van der Waals surface area contributed by atoms with E-state index in [0.717, 1.165) is 31.4 Å². The van der Waals surface area contributed by atoms with Gasteiger partial charge in [-0.1, -0.05) is 55.8 Å². The molecule has 2 atom stereocenters. The summed E-state index contributed by atoms with van der Waals surface area (Å²) < 4.78 is 45.4. The van der Waals surface area contributed by atoms with Crippen LogP contribution in [0.4, 0.5) is 18.9 Å². The maximum Gasteiger partial charge on any atom is 0.417 e. The molecule has 1 heterocycles. The lowest BCUT2D eigenvalue weighted by molar-refractivity contribution is -0.138. The summed E-state index contributed by atoms with van der Waals surface area (Å²) in [5.74, 6) is -1.19. The summed E-state index contributed by atoms with van der Waals surface area (Å²) in [6, 6.07) is 18.1. The minimum atomic E-state index is -4.71. The van der Waals surface area contributed by atoms with Crippen molar-refractivity contribution in [2.24, 2.45) is 0 Å². The molecule has 1 unspecified atom stereocenters. The number of aromatic carboxylic acids is 1. The van der Waals surface area contributed by atoms with Gasteiger partial charge in [-0.25, -0.2) is 4.79 Å². The van der Waals surface area contributed by atoms with Crippen molar-refractivity contribution in [3.05, 3.63) is 77.4 Å². The van der Waals surface area contributed by atoms with E-state index in [2.05, 4.69) is 43.3 Å². The van der Waals surface area contributed by atoms with Crippen molar-refractivity contribution in [2.45, 2.75) is 44.4 Å². The van der Waals surface area contributed by atoms with E-state index in [1.54, 1.807) is 0 Å². The topological polar surface area (TPSA) is 49.8 Å². The zero-order valence-electron chi connectivity index (χ0n) is 19.4. The molecule has 0 spiro atoms. The second kappa shape index (κ2) is 11.3. The lowest BCUT2D eigenvalue weighted by atomic mass is 9.90. The quantitative estimate of drug-likeness (QED) is 0.368. The minimum Gasteiger partial charge on any atom is -0.478 e. The van der Waals surface area contributed by atoms with Crippen LogP contribution in [0.2, 0.25) is 0 Å². The predicted octanol–water partition coefficient (Wildman–Crippen LogP) is 7.16. The first-order valence-corrected chi connectivity index (χ1v) is 11.5. The predicted molar refractivity (Wildman–Crippen MR) is 134 cm³/mol. The number of rotatable bonds is 7. The van der Waals surface area contributed by atoms with Crippen molar-refractivity contribution in [2.75, 3.05) is 24.6 Å². The van der Waals surface area contributed by atoms with Gasteiger partial charge in [0, 0.05) is 18.8 Å². The van der Waals surface area contributed by atoms with E-state index in [0.29, 0.717) is 31.3 Å². The summed E-state index contributed by atoms with van der Waals surface area (Å²) in [6.07, 6.45) is -1.98. The van der Waals surface area contributed by atoms with Gasteiger partial charge in [0.2, 0.25) is 0 Å². The summed E-state index contributed by atoms with van der Waals surface area (Å²) in [7, 11) is 0. The normalized spacial score (nSPS) is 17.1. The SMILES string of the molecule is C[C@@H](CCCC1CN(c2ccc(C(F)(F)F)c(C(=O)O)c2)CCO1)c1cccc2ccccc12.Cl. The Labute approximate surface area is 209 Å². The van der Waals surface area contributed by atoms with Gasteiger partial charge in [0.25, 0.3) is 0 Å². The molecule has 188 valence electrons. The van der Waals surface area contributed by atoms with E-state index in [-0.39, 0.29) is 18.5 Å². The number of hydrogen-bond donors (Lipinski definition) is 1. The summed E-state index contributed by atoms with van der Waals surface area (Å²) >= 11 is 0. The molecule has 4 nitrogen and oxygen atoms in total. The molecule has 1 aliphatic rings. The largest absolute Gasteiger partial charge is 0.478 e. The van der Waals surface area contributed by atoms with Crippen LogP contribution >= 0.6 is 12.4 Å². The smallest absolute Gasteiger partial charge is 0.417 e. The summed E-state index contributed by atoms with van der Waals surface area (Å²) in [4.78, 5) is 13.3. The standard InChI is InChI=1S/C27H28F3NO3.ClH/c1-18(22-11-5-8-19-7-2-3-10-23(19)22)6-4-9-21-17-31(14-15-34-21)20-12-13-25(27(28,29)30)24(16-20)26(32)33;/h2-3,5,7-8,10-13,16,18,21H,4,6,9,14-15,17H2,1H3,(H,32,33);1H/t18-,21?;/m0./s1. The molecule has 1 fully saturated rings. The molecule has 35 heavy (non-hydrogen) atoms. The number of carboxylic acid groups (broad SMARTS) is 1. The van der Waals surface area contributed by atoms with Crippen LogP contribution < -0.4 is 4.90 Å². The van der Waals surface area contributed by atoms with E-state index >= 15 is 0 Å². The molecule has 1 aliphatic heterocycles. The molecule has 1 N–H and O–H groups in total.